The first kappa shape index (κ1) is 12.1. The van der Waals surface area contributed by atoms with Crippen LogP contribution in [0, 0.1) is 12.8 Å². The summed E-state index contributed by atoms with van der Waals surface area (Å²) in [5.41, 5.74) is 1.31. The van der Waals surface area contributed by atoms with Gasteiger partial charge in [-0.05, 0) is 44.7 Å². The summed E-state index contributed by atoms with van der Waals surface area (Å²) in [5.74, 6) is 0.315. The zero-order valence-corrected chi connectivity index (χ0v) is 10.4. The zero-order valence-electron chi connectivity index (χ0n) is 10.4. The molecule has 0 aromatic heterocycles. The van der Waals surface area contributed by atoms with E-state index < -0.39 is 5.54 Å². The lowest BCUT2D eigenvalue weighted by molar-refractivity contribution is 0.0824. The molecule has 1 aliphatic carbocycles. The minimum Gasteiger partial charge on any atom is -0.394 e. The van der Waals surface area contributed by atoms with Gasteiger partial charge in [0, 0.05) is 5.56 Å². The van der Waals surface area contributed by atoms with E-state index in [1.165, 1.54) is 0 Å². The quantitative estimate of drug-likeness (QED) is 0.834. The lowest BCUT2D eigenvalue weighted by Gasteiger charge is -2.28. The standard InChI is InChI=1S/C14H19NO2/c1-10-3-5-11(6-4-10)13(17)15-14(2,9-16)12-7-8-12/h3-6,12,16H,7-9H2,1-2H3,(H,15,17)/t14-/m1/s1. The van der Waals surface area contributed by atoms with E-state index in [1.54, 1.807) is 0 Å². The average molecular weight is 233 g/mol. The summed E-state index contributed by atoms with van der Waals surface area (Å²) in [5, 5.41) is 12.4. The molecule has 0 unspecified atom stereocenters. The van der Waals surface area contributed by atoms with Crippen molar-refractivity contribution in [3.8, 4) is 0 Å². The van der Waals surface area contributed by atoms with Gasteiger partial charge in [0.05, 0.1) is 12.1 Å². The highest BCUT2D eigenvalue weighted by atomic mass is 16.3. The Bertz CT molecular complexity index is 409. The Kier molecular flexibility index (Phi) is 3.20. The Morgan fingerprint density at radius 3 is 2.47 bits per heavy atom. The summed E-state index contributed by atoms with van der Waals surface area (Å²) in [4.78, 5) is 12.0. The van der Waals surface area contributed by atoms with Crippen LogP contribution < -0.4 is 5.32 Å². The van der Waals surface area contributed by atoms with E-state index in [1.807, 2.05) is 38.1 Å². The van der Waals surface area contributed by atoms with Gasteiger partial charge >= 0.3 is 0 Å². The Morgan fingerprint density at radius 1 is 1.41 bits per heavy atom. The molecular weight excluding hydrogens is 214 g/mol. The predicted molar refractivity (Wildman–Crippen MR) is 66.9 cm³/mol. The first-order chi connectivity index (χ1) is 8.05. The van der Waals surface area contributed by atoms with Gasteiger partial charge in [-0.25, -0.2) is 0 Å². The maximum atomic E-state index is 12.0. The van der Waals surface area contributed by atoms with Crippen molar-refractivity contribution in [1.29, 1.82) is 0 Å². The van der Waals surface area contributed by atoms with E-state index in [-0.39, 0.29) is 12.5 Å². The van der Waals surface area contributed by atoms with Gasteiger partial charge in [0.2, 0.25) is 0 Å². The molecule has 3 nitrogen and oxygen atoms in total. The van der Waals surface area contributed by atoms with Crippen molar-refractivity contribution < 1.29 is 9.90 Å². The molecule has 1 aromatic rings. The maximum Gasteiger partial charge on any atom is 0.251 e. The van der Waals surface area contributed by atoms with Gasteiger partial charge in [-0.3, -0.25) is 4.79 Å². The highest BCUT2D eigenvalue weighted by molar-refractivity contribution is 5.94. The van der Waals surface area contributed by atoms with Gasteiger partial charge in [0.25, 0.3) is 5.91 Å². The molecule has 92 valence electrons. The second-order valence-corrected chi connectivity index (χ2v) is 5.17. The Morgan fingerprint density at radius 2 is 2.00 bits per heavy atom. The van der Waals surface area contributed by atoms with Crippen molar-refractivity contribution in [3.05, 3.63) is 35.4 Å². The van der Waals surface area contributed by atoms with E-state index in [2.05, 4.69) is 5.32 Å². The van der Waals surface area contributed by atoms with Crippen LogP contribution in [0.1, 0.15) is 35.7 Å². The summed E-state index contributed by atoms with van der Waals surface area (Å²) >= 11 is 0. The third-order valence-corrected chi connectivity index (χ3v) is 3.52. The lowest BCUT2D eigenvalue weighted by atomic mass is 9.96. The minimum atomic E-state index is -0.470. The number of carbonyl (C=O) groups is 1. The molecule has 0 bridgehead atoms. The average Bonchev–Trinajstić information content (AvgIpc) is 3.13. The summed E-state index contributed by atoms with van der Waals surface area (Å²) in [7, 11) is 0. The number of amides is 1. The van der Waals surface area contributed by atoms with Crippen molar-refractivity contribution in [2.24, 2.45) is 5.92 Å². The monoisotopic (exact) mass is 233 g/mol. The van der Waals surface area contributed by atoms with Crippen LogP contribution in [0.4, 0.5) is 0 Å². The van der Waals surface area contributed by atoms with Crippen molar-refractivity contribution in [2.75, 3.05) is 6.61 Å². The highest BCUT2D eigenvalue weighted by Crippen LogP contribution is 2.39. The predicted octanol–water partition coefficient (Wildman–Crippen LogP) is 1.89. The van der Waals surface area contributed by atoms with E-state index in [9.17, 15) is 9.90 Å². The smallest absolute Gasteiger partial charge is 0.251 e. The molecule has 1 saturated carbocycles. The van der Waals surface area contributed by atoms with Gasteiger partial charge < -0.3 is 10.4 Å². The molecule has 0 spiro atoms. The molecule has 0 heterocycles. The van der Waals surface area contributed by atoms with Gasteiger partial charge in [0.1, 0.15) is 0 Å². The number of nitrogens with one attached hydrogen (secondary N) is 1. The van der Waals surface area contributed by atoms with Crippen LogP contribution in [0.15, 0.2) is 24.3 Å². The van der Waals surface area contributed by atoms with E-state index >= 15 is 0 Å². The molecule has 3 heteroatoms. The van der Waals surface area contributed by atoms with Crippen molar-refractivity contribution >= 4 is 5.91 Å². The number of carbonyl (C=O) groups excluding carboxylic acids is 1. The second kappa shape index (κ2) is 4.49. The van der Waals surface area contributed by atoms with Gasteiger partial charge in [-0.15, -0.1) is 0 Å². The first-order valence-corrected chi connectivity index (χ1v) is 6.05. The highest BCUT2D eigenvalue weighted by Gasteiger charge is 2.42. The van der Waals surface area contributed by atoms with Crippen molar-refractivity contribution in [3.63, 3.8) is 0 Å². The Balaban J connectivity index is 2.07. The van der Waals surface area contributed by atoms with E-state index in [0.717, 1.165) is 18.4 Å². The molecule has 1 atom stereocenters. The number of aliphatic hydroxyl groups is 1. The van der Waals surface area contributed by atoms with Gasteiger partial charge in [0.15, 0.2) is 0 Å². The molecule has 1 fully saturated rings. The first-order valence-electron chi connectivity index (χ1n) is 6.05. The van der Waals surface area contributed by atoms with Crippen molar-refractivity contribution in [2.45, 2.75) is 32.2 Å². The van der Waals surface area contributed by atoms with Crippen LogP contribution in [-0.4, -0.2) is 23.2 Å². The molecule has 17 heavy (non-hydrogen) atoms. The summed E-state index contributed by atoms with van der Waals surface area (Å²) in [6, 6.07) is 7.47. The molecule has 0 radical (unpaired) electrons. The number of aliphatic hydroxyl groups excluding tert-OH is 1. The fourth-order valence-electron chi connectivity index (χ4n) is 2.03. The van der Waals surface area contributed by atoms with Crippen molar-refractivity contribution in [1.82, 2.24) is 5.32 Å². The van der Waals surface area contributed by atoms with Crippen LogP contribution >= 0.6 is 0 Å². The van der Waals surface area contributed by atoms with E-state index in [0.29, 0.717) is 11.5 Å². The van der Waals surface area contributed by atoms with Gasteiger partial charge in [-0.2, -0.15) is 0 Å². The molecule has 2 rings (SSSR count). The number of hydrogen-bond acceptors (Lipinski definition) is 2. The number of aryl methyl sites for hydroxylation is 1. The topological polar surface area (TPSA) is 49.3 Å². The minimum absolute atomic E-state index is 0.00469. The van der Waals surface area contributed by atoms with Crippen LogP contribution in [0.5, 0.6) is 0 Å². The third kappa shape index (κ3) is 2.67. The van der Waals surface area contributed by atoms with Crippen LogP contribution in [0.2, 0.25) is 0 Å². The molecule has 1 aliphatic rings. The molecule has 1 amide bonds. The normalized spacial score (nSPS) is 18.5. The van der Waals surface area contributed by atoms with Crippen LogP contribution in [0.25, 0.3) is 0 Å². The molecular formula is C14H19NO2. The van der Waals surface area contributed by atoms with E-state index in [4.69, 9.17) is 0 Å². The summed E-state index contributed by atoms with van der Waals surface area (Å²) < 4.78 is 0. The van der Waals surface area contributed by atoms with Gasteiger partial charge in [-0.1, -0.05) is 17.7 Å². The summed E-state index contributed by atoms with van der Waals surface area (Å²) in [6.45, 7) is 3.90. The number of rotatable bonds is 4. The fraction of sp³-hybridized carbons (Fsp3) is 0.500. The molecule has 0 aliphatic heterocycles. The Labute approximate surface area is 102 Å². The third-order valence-electron chi connectivity index (χ3n) is 3.52. The maximum absolute atomic E-state index is 12.0. The lowest BCUT2D eigenvalue weighted by Crippen LogP contribution is -2.50. The zero-order chi connectivity index (χ0) is 12.5. The second-order valence-electron chi connectivity index (χ2n) is 5.17. The molecule has 0 saturated heterocycles. The Hall–Kier alpha value is -1.35. The summed E-state index contributed by atoms with van der Waals surface area (Å²) in [6.07, 6.45) is 2.18. The number of benzene rings is 1. The SMILES string of the molecule is Cc1ccc(C(=O)N[C@](C)(CO)C2CC2)cc1. The number of hydrogen-bond donors (Lipinski definition) is 2. The molecule has 2 N–H and O–H groups in total. The largest absolute Gasteiger partial charge is 0.394 e. The molecule has 1 aromatic carbocycles. The fourth-order valence-corrected chi connectivity index (χ4v) is 2.03. The van der Waals surface area contributed by atoms with Crippen LogP contribution in [-0.2, 0) is 0 Å². The van der Waals surface area contributed by atoms with Crippen LogP contribution in [0.3, 0.4) is 0 Å².